The van der Waals surface area contributed by atoms with Crippen molar-refractivity contribution in [2.75, 3.05) is 6.54 Å². The van der Waals surface area contributed by atoms with E-state index in [9.17, 15) is 9.90 Å². The van der Waals surface area contributed by atoms with Gasteiger partial charge in [0.25, 0.3) is 0 Å². The van der Waals surface area contributed by atoms with E-state index in [4.69, 9.17) is 23.2 Å². The molecule has 0 bridgehead atoms. The number of amides is 1. The second kappa shape index (κ2) is 6.86. The molecule has 1 aromatic rings. The molecule has 1 unspecified atom stereocenters. The smallest absolute Gasteiger partial charge is 0.226 e. The Morgan fingerprint density at radius 3 is 2.42 bits per heavy atom. The van der Waals surface area contributed by atoms with E-state index < -0.39 is 0 Å². The summed E-state index contributed by atoms with van der Waals surface area (Å²) in [5.41, 5.74) is 0.648. The Labute approximate surface area is 153 Å². The predicted molar refractivity (Wildman–Crippen MR) is 97.6 cm³/mol. The van der Waals surface area contributed by atoms with E-state index >= 15 is 0 Å². The SMILES string of the molecule is CC(C)(c1ccc(Cl)cc1Cl)C1CCN(C2CCC(O)CC2)C1=O. The molecular weight excluding hydrogens is 345 g/mol. The first-order valence-corrected chi connectivity index (χ1v) is 9.50. The van der Waals surface area contributed by atoms with Gasteiger partial charge in [0.15, 0.2) is 0 Å². The Balaban J connectivity index is 1.78. The molecule has 132 valence electrons. The van der Waals surface area contributed by atoms with Crippen molar-refractivity contribution in [2.24, 2.45) is 5.92 Å². The number of aliphatic hydroxyl groups excluding tert-OH is 1. The average molecular weight is 370 g/mol. The van der Waals surface area contributed by atoms with Gasteiger partial charge < -0.3 is 10.0 Å². The summed E-state index contributed by atoms with van der Waals surface area (Å²) in [5.74, 6) is 0.162. The lowest BCUT2D eigenvalue weighted by atomic mass is 9.72. The summed E-state index contributed by atoms with van der Waals surface area (Å²) in [6.45, 7) is 5.00. The first-order valence-electron chi connectivity index (χ1n) is 8.74. The van der Waals surface area contributed by atoms with Crippen molar-refractivity contribution >= 4 is 29.1 Å². The molecule has 1 saturated carbocycles. The largest absolute Gasteiger partial charge is 0.393 e. The minimum absolute atomic E-state index is 0.0666. The number of halogens is 2. The maximum atomic E-state index is 13.1. The topological polar surface area (TPSA) is 40.5 Å². The van der Waals surface area contributed by atoms with Gasteiger partial charge in [0.1, 0.15) is 0 Å². The number of benzene rings is 1. The highest BCUT2D eigenvalue weighted by Gasteiger charge is 2.45. The van der Waals surface area contributed by atoms with Crippen LogP contribution in [0, 0.1) is 5.92 Å². The minimum atomic E-state index is -0.332. The maximum Gasteiger partial charge on any atom is 0.226 e. The number of carbonyl (C=O) groups is 1. The van der Waals surface area contributed by atoms with Gasteiger partial charge in [-0.3, -0.25) is 4.79 Å². The summed E-state index contributed by atoms with van der Waals surface area (Å²) < 4.78 is 0. The summed E-state index contributed by atoms with van der Waals surface area (Å²) in [4.78, 5) is 15.1. The van der Waals surface area contributed by atoms with E-state index in [1.165, 1.54) is 0 Å². The van der Waals surface area contributed by atoms with Crippen LogP contribution in [0.2, 0.25) is 10.0 Å². The lowest BCUT2D eigenvalue weighted by Gasteiger charge is -2.35. The van der Waals surface area contributed by atoms with E-state index in [1.54, 1.807) is 6.07 Å². The number of rotatable bonds is 3. The number of likely N-dealkylation sites (tertiary alicyclic amines) is 1. The highest BCUT2D eigenvalue weighted by molar-refractivity contribution is 6.35. The van der Waals surface area contributed by atoms with Crippen LogP contribution in [0.1, 0.15) is 51.5 Å². The summed E-state index contributed by atoms with van der Waals surface area (Å²) in [6.07, 6.45) is 4.06. The molecule has 2 aliphatic rings. The molecule has 3 nitrogen and oxygen atoms in total. The van der Waals surface area contributed by atoms with Gasteiger partial charge in [0, 0.05) is 34.0 Å². The third-order valence-corrected chi connectivity index (χ3v) is 6.39. The quantitative estimate of drug-likeness (QED) is 0.856. The molecule has 1 heterocycles. The summed E-state index contributed by atoms with van der Waals surface area (Å²) in [7, 11) is 0. The highest BCUT2D eigenvalue weighted by atomic mass is 35.5. The number of nitrogens with zero attached hydrogens (tertiary/aromatic N) is 1. The van der Waals surface area contributed by atoms with Crippen molar-refractivity contribution in [3.05, 3.63) is 33.8 Å². The zero-order valence-corrected chi connectivity index (χ0v) is 15.8. The van der Waals surface area contributed by atoms with Gasteiger partial charge >= 0.3 is 0 Å². The first-order chi connectivity index (χ1) is 11.3. The van der Waals surface area contributed by atoms with Gasteiger partial charge in [-0.1, -0.05) is 43.1 Å². The monoisotopic (exact) mass is 369 g/mol. The molecule has 0 aromatic heterocycles. The number of hydrogen-bond donors (Lipinski definition) is 1. The number of carbonyl (C=O) groups excluding carboxylic acids is 1. The van der Waals surface area contributed by atoms with Crippen molar-refractivity contribution in [1.29, 1.82) is 0 Å². The fourth-order valence-corrected chi connectivity index (χ4v) is 4.96. The lowest BCUT2D eigenvalue weighted by Crippen LogP contribution is -2.43. The van der Waals surface area contributed by atoms with Gasteiger partial charge in [-0.2, -0.15) is 0 Å². The second-order valence-electron chi connectivity index (χ2n) is 7.68. The Hall–Kier alpha value is -0.770. The second-order valence-corrected chi connectivity index (χ2v) is 8.52. The molecule has 1 aliphatic heterocycles. The normalized spacial score (nSPS) is 28.5. The molecule has 5 heteroatoms. The summed E-state index contributed by atoms with van der Waals surface area (Å²) in [6, 6.07) is 5.81. The Morgan fingerprint density at radius 1 is 1.12 bits per heavy atom. The van der Waals surface area contributed by atoms with E-state index in [1.807, 2.05) is 17.0 Å². The maximum absolute atomic E-state index is 13.1. The third-order valence-electron chi connectivity index (χ3n) is 5.84. The van der Waals surface area contributed by atoms with Gasteiger partial charge in [-0.15, -0.1) is 0 Å². The molecule has 0 spiro atoms. The van der Waals surface area contributed by atoms with E-state index in [0.717, 1.165) is 44.2 Å². The third kappa shape index (κ3) is 3.31. The molecule has 1 saturated heterocycles. The number of hydrogen-bond acceptors (Lipinski definition) is 2. The van der Waals surface area contributed by atoms with Crippen LogP contribution in [0.4, 0.5) is 0 Å². The van der Waals surface area contributed by atoms with Crippen molar-refractivity contribution in [1.82, 2.24) is 4.90 Å². The van der Waals surface area contributed by atoms with Gasteiger partial charge in [0.05, 0.1) is 6.10 Å². The summed E-state index contributed by atoms with van der Waals surface area (Å²) >= 11 is 12.4. The molecule has 1 atom stereocenters. The van der Waals surface area contributed by atoms with Crippen molar-refractivity contribution in [3.63, 3.8) is 0 Å². The summed E-state index contributed by atoms with van der Waals surface area (Å²) in [5, 5.41) is 10.9. The minimum Gasteiger partial charge on any atom is -0.393 e. The Kier molecular flexibility index (Phi) is 5.15. The zero-order chi connectivity index (χ0) is 17.5. The van der Waals surface area contributed by atoms with Crippen LogP contribution in [0.15, 0.2) is 18.2 Å². The molecular formula is C19H25Cl2NO2. The van der Waals surface area contributed by atoms with Crippen molar-refractivity contribution in [2.45, 2.75) is 63.5 Å². The Morgan fingerprint density at radius 2 is 1.79 bits per heavy atom. The zero-order valence-electron chi connectivity index (χ0n) is 14.3. The Bertz CT molecular complexity index is 624. The van der Waals surface area contributed by atoms with Crippen LogP contribution in [-0.2, 0) is 10.2 Å². The molecule has 1 aliphatic carbocycles. The fourth-order valence-electron chi connectivity index (χ4n) is 4.30. The molecule has 3 rings (SSSR count). The lowest BCUT2D eigenvalue weighted by molar-refractivity contribution is -0.135. The standard InChI is InChI=1S/C19H25Cl2NO2/c1-19(2,15-8-3-12(20)11-17(15)21)16-9-10-22(18(16)24)13-4-6-14(23)7-5-13/h3,8,11,13-14,16,23H,4-7,9-10H2,1-2H3. The van der Waals surface area contributed by atoms with Gasteiger partial charge in [-0.25, -0.2) is 0 Å². The van der Waals surface area contributed by atoms with Crippen LogP contribution in [0.5, 0.6) is 0 Å². The average Bonchev–Trinajstić information content (AvgIpc) is 2.90. The van der Waals surface area contributed by atoms with E-state index in [-0.39, 0.29) is 29.4 Å². The highest BCUT2D eigenvalue weighted by Crippen LogP contribution is 2.43. The van der Waals surface area contributed by atoms with Crippen LogP contribution in [0.3, 0.4) is 0 Å². The molecule has 0 radical (unpaired) electrons. The first kappa shape index (κ1) is 18.0. The fraction of sp³-hybridized carbons (Fsp3) is 0.632. The molecule has 1 N–H and O–H groups in total. The van der Waals surface area contributed by atoms with Gasteiger partial charge in [-0.05, 0) is 49.8 Å². The van der Waals surface area contributed by atoms with E-state index in [2.05, 4.69) is 13.8 Å². The van der Waals surface area contributed by atoms with Crippen molar-refractivity contribution in [3.8, 4) is 0 Å². The molecule has 1 aromatic carbocycles. The number of aliphatic hydroxyl groups is 1. The predicted octanol–water partition coefficient (Wildman–Crippen LogP) is 4.42. The van der Waals surface area contributed by atoms with Crippen LogP contribution in [0.25, 0.3) is 0 Å². The van der Waals surface area contributed by atoms with E-state index in [0.29, 0.717) is 10.0 Å². The van der Waals surface area contributed by atoms with Crippen LogP contribution < -0.4 is 0 Å². The van der Waals surface area contributed by atoms with Crippen LogP contribution >= 0.6 is 23.2 Å². The molecule has 2 fully saturated rings. The molecule has 24 heavy (non-hydrogen) atoms. The van der Waals surface area contributed by atoms with Crippen molar-refractivity contribution < 1.29 is 9.90 Å². The van der Waals surface area contributed by atoms with Crippen LogP contribution in [-0.4, -0.2) is 34.6 Å². The molecule has 1 amide bonds. The van der Waals surface area contributed by atoms with Gasteiger partial charge in [0.2, 0.25) is 5.91 Å².